The quantitative estimate of drug-likeness (QED) is 0.940. The Labute approximate surface area is 139 Å². The Hall–Kier alpha value is -3.07. The molecule has 0 fully saturated rings. The minimum absolute atomic E-state index is 0.0111. The second-order valence-electron chi connectivity index (χ2n) is 5.92. The summed E-state index contributed by atoms with van der Waals surface area (Å²) in [5.74, 6) is -0.332. The third kappa shape index (κ3) is 2.54. The Morgan fingerprint density at radius 1 is 1.25 bits per heavy atom. The second kappa shape index (κ2) is 5.85. The van der Waals surface area contributed by atoms with Crippen LogP contribution in [0.1, 0.15) is 25.1 Å². The van der Waals surface area contributed by atoms with Gasteiger partial charge < -0.3 is 5.73 Å². The Balaban J connectivity index is 2.14. The number of allylic oxidation sites excluding steroid dienone is 1. The maximum absolute atomic E-state index is 13.9. The lowest BCUT2D eigenvalue weighted by Gasteiger charge is -2.28. The number of nitrogens with zero attached hydrogens (tertiary/aromatic N) is 4. The zero-order chi connectivity index (χ0) is 17.3. The van der Waals surface area contributed by atoms with Crippen LogP contribution in [0.2, 0.25) is 0 Å². The average Bonchev–Trinajstić information content (AvgIpc) is 3.05. The minimum Gasteiger partial charge on any atom is -0.368 e. The van der Waals surface area contributed by atoms with E-state index >= 15 is 0 Å². The van der Waals surface area contributed by atoms with E-state index in [0.29, 0.717) is 17.0 Å². The third-order valence-corrected chi connectivity index (χ3v) is 4.14. The molecule has 6 heteroatoms. The number of nitrogens with two attached hydrogens (primary N) is 1. The molecule has 0 radical (unpaired) electrons. The van der Waals surface area contributed by atoms with E-state index in [1.807, 2.05) is 26.0 Å². The van der Waals surface area contributed by atoms with E-state index < -0.39 is 11.4 Å². The van der Waals surface area contributed by atoms with E-state index in [0.717, 1.165) is 0 Å². The topological polar surface area (TPSA) is 88.0 Å². The number of halogens is 1. The summed E-state index contributed by atoms with van der Waals surface area (Å²) in [7, 11) is 0. The summed E-state index contributed by atoms with van der Waals surface area (Å²) < 4.78 is 13.9. The summed E-state index contributed by atoms with van der Waals surface area (Å²) in [6, 6.07) is 7.91. The highest BCUT2D eigenvalue weighted by Gasteiger charge is 2.36. The van der Waals surface area contributed by atoms with E-state index in [1.54, 1.807) is 24.4 Å². The monoisotopic (exact) mass is 321 g/mol. The van der Waals surface area contributed by atoms with Crippen LogP contribution < -0.4 is 5.73 Å². The van der Waals surface area contributed by atoms with E-state index in [1.165, 1.54) is 12.1 Å². The molecule has 120 valence electrons. The van der Waals surface area contributed by atoms with Gasteiger partial charge in [0.1, 0.15) is 17.4 Å². The van der Waals surface area contributed by atoms with Crippen LogP contribution in [-0.4, -0.2) is 16.2 Å². The number of nitrogen functional groups attached to an aromatic ring is 1. The number of anilines is 1. The maximum atomic E-state index is 13.9. The van der Waals surface area contributed by atoms with Gasteiger partial charge in [-0.05, 0) is 36.3 Å². The number of benzene rings is 1. The van der Waals surface area contributed by atoms with E-state index in [-0.39, 0.29) is 17.4 Å². The lowest BCUT2D eigenvalue weighted by Crippen LogP contribution is -2.28. The van der Waals surface area contributed by atoms with Crippen molar-refractivity contribution in [1.82, 2.24) is 9.97 Å². The number of hydrogen-bond donors (Lipinski definition) is 1. The van der Waals surface area contributed by atoms with Crippen LogP contribution in [-0.2, 0) is 5.54 Å². The molecule has 0 saturated carbocycles. The standard InChI is InChI=1S/C18H16FN5/c1-11(2)18(6-3-7-22-18)16-9-15(23-17(21)24-16)12-4-5-13(10-20)14(19)8-12/h3-9,11H,1-2H3,(H2,21,23,24). The first-order valence-corrected chi connectivity index (χ1v) is 7.54. The van der Waals surface area contributed by atoms with Crippen molar-refractivity contribution in [2.45, 2.75) is 19.4 Å². The van der Waals surface area contributed by atoms with Crippen LogP contribution in [0.25, 0.3) is 11.3 Å². The molecule has 0 aliphatic carbocycles. The van der Waals surface area contributed by atoms with Crippen molar-refractivity contribution in [2.24, 2.45) is 10.9 Å². The van der Waals surface area contributed by atoms with Gasteiger partial charge in [0.25, 0.3) is 0 Å². The van der Waals surface area contributed by atoms with Gasteiger partial charge in [0.15, 0.2) is 0 Å². The summed E-state index contributed by atoms with van der Waals surface area (Å²) in [5, 5.41) is 8.85. The highest BCUT2D eigenvalue weighted by Crippen LogP contribution is 2.38. The van der Waals surface area contributed by atoms with Gasteiger partial charge in [0, 0.05) is 11.8 Å². The van der Waals surface area contributed by atoms with Crippen LogP contribution in [0.5, 0.6) is 0 Å². The molecule has 1 aromatic heterocycles. The van der Waals surface area contributed by atoms with Gasteiger partial charge >= 0.3 is 0 Å². The predicted octanol–water partition coefficient (Wildman–Crippen LogP) is 3.23. The molecule has 1 atom stereocenters. The summed E-state index contributed by atoms with van der Waals surface area (Å²) in [6.07, 6.45) is 5.58. The number of nitriles is 1. The van der Waals surface area contributed by atoms with Crippen molar-refractivity contribution in [3.8, 4) is 17.3 Å². The molecule has 24 heavy (non-hydrogen) atoms. The molecule has 0 amide bonds. The molecule has 1 aliphatic rings. The molecular weight excluding hydrogens is 305 g/mol. The number of rotatable bonds is 3. The summed E-state index contributed by atoms with van der Waals surface area (Å²) in [5.41, 5.74) is 6.95. The van der Waals surface area contributed by atoms with Crippen LogP contribution >= 0.6 is 0 Å². The molecule has 3 rings (SSSR count). The summed E-state index contributed by atoms with van der Waals surface area (Å²) in [6.45, 7) is 4.10. The van der Waals surface area contributed by atoms with Gasteiger partial charge in [-0.3, -0.25) is 4.99 Å². The molecule has 0 saturated heterocycles. The SMILES string of the molecule is CC(C)C1(c2cc(-c3ccc(C#N)c(F)c3)nc(N)n2)C=CC=N1. The summed E-state index contributed by atoms with van der Waals surface area (Å²) in [4.78, 5) is 13.1. The van der Waals surface area contributed by atoms with Crippen molar-refractivity contribution in [2.75, 3.05) is 5.73 Å². The van der Waals surface area contributed by atoms with E-state index in [4.69, 9.17) is 11.0 Å². The van der Waals surface area contributed by atoms with Crippen molar-refractivity contribution in [3.63, 3.8) is 0 Å². The molecule has 1 aliphatic heterocycles. The zero-order valence-electron chi connectivity index (χ0n) is 13.4. The normalized spacial score (nSPS) is 19.0. The highest BCUT2D eigenvalue weighted by molar-refractivity contribution is 5.76. The van der Waals surface area contributed by atoms with Crippen molar-refractivity contribution >= 4 is 12.2 Å². The first kappa shape index (κ1) is 15.8. The van der Waals surface area contributed by atoms with Crippen LogP contribution in [0.15, 0.2) is 41.4 Å². The number of hydrogen-bond acceptors (Lipinski definition) is 5. The largest absolute Gasteiger partial charge is 0.368 e. The third-order valence-electron chi connectivity index (χ3n) is 4.14. The highest BCUT2D eigenvalue weighted by atomic mass is 19.1. The van der Waals surface area contributed by atoms with Crippen LogP contribution in [0.3, 0.4) is 0 Å². The fraction of sp³-hybridized carbons (Fsp3) is 0.222. The fourth-order valence-corrected chi connectivity index (χ4v) is 2.77. The number of aromatic nitrogens is 2. The first-order valence-electron chi connectivity index (χ1n) is 7.54. The maximum Gasteiger partial charge on any atom is 0.220 e. The molecule has 0 spiro atoms. The smallest absolute Gasteiger partial charge is 0.220 e. The number of aliphatic imine (C=N–C) groups is 1. The lowest BCUT2D eigenvalue weighted by atomic mass is 9.84. The minimum atomic E-state index is -0.600. The lowest BCUT2D eigenvalue weighted by molar-refractivity contribution is 0.398. The van der Waals surface area contributed by atoms with Gasteiger partial charge in [-0.25, -0.2) is 14.4 Å². The Bertz CT molecular complexity index is 881. The van der Waals surface area contributed by atoms with Crippen molar-refractivity contribution in [1.29, 1.82) is 5.26 Å². The van der Waals surface area contributed by atoms with E-state index in [2.05, 4.69) is 15.0 Å². The molecule has 1 aromatic carbocycles. The van der Waals surface area contributed by atoms with Gasteiger partial charge in [-0.2, -0.15) is 5.26 Å². The zero-order valence-corrected chi connectivity index (χ0v) is 13.4. The van der Waals surface area contributed by atoms with Gasteiger partial charge in [0.2, 0.25) is 5.95 Å². The Morgan fingerprint density at radius 3 is 2.62 bits per heavy atom. The van der Waals surface area contributed by atoms with Gasteiger partial charge in [-0.1, -0.05) is 19.9 Å². The molecule has 2 N–H and O–H groups in total. The Morgan fingerprint density at radius 2 is 2.04 bits per heavy atom. The first-order chi connectivity index (χ1) is 11.5. The molecule has 2 aromatic rings. The molecule has 1 unspecified atom stereocenters. The molecule has 5 nitrogen and oxygen atoms in total. The molecule has 2 heterocycles. The van der Waals surface area contributed by atoms with Gasteiger partial charge in [-0.15, -0.1) is 0 Å². The Kier molecular flexibility index (Phi) is 3.86. The molecular formula is C18H16FN5. The van der Waals surface area contributed by atoms with Crippen molar-refractivity contribution < 1.29 is 4.39 Å². The van der Waals surface area contributed by atoms with Crippen molar-refractivity contribution in [3.05, 3.63) is 53.5 Å². The average molecular weight is 321 g/mol. The van der Waals surface area contributed by atoms with Crippen LogP contribution in [0.4, 0.5) is 10.3 Å². The summed E-state index contributed by atoms with van der Waals surface area (Å²) >= 11 is 0. The van der Waals surface area contributed by atoms with Gasteiger partial charge in [0.05, 0.1) is 17.0 Å². The fourth-order valence-electron chi connectivity index (χ4n) is 2.77. The van der Waals surface area contributed by atoms with E-state index in [9.17, 15) is 4.39 Å². The predicted molar refractivity (Wildman–Crippen MR) is 90.7 cm³/mol. The molecule has 0 bridgehead atoms. The second-order valence-corrected chi connectivity index (χ2v) is 5.92. The van der Waals surface area contributed by atoms with Crippen LogP contribution in [0, 0.1) is 23.1 Å².